The Kier molecular flexibility index (Phi) is 6.48. The number of fused-ring (bicyclic) bond motifs is 1. The molecule has 3 rings (SSSR count). The third kappa shape index (κ3) is 4.20. The fourth-order valence-corrected chi connectivity index (χ4v) is 2.72. The van der Waals surface area contributed by atoms with E-state index in [0.717, 1.165) is 24.2 Å². The van der Waals surface area contributed by atoms with E-state index in [4.69, 9.17) is 16.3 Å². The quantitative estimate of drug-likeness (QED) is 0.846. The first kappa shape index (κ1) is 18.6. The van der Waals surface area contributed by atoms with Gasteiger partial charge in [0.1, 0.15) is 12.4 Å². The van der Waals surface area contributed by atoms with Gasteiger partial charge in [0.2, 0.25) is 0 Å². The van der Waals surface area contributed by atoms with Crippen molar-refractivity contribution in [2.24, 2.45) is 0 Å². The molecule has 0 fully saturated rings. The number of amides is 1. The van der Waals surface area contributed by atoms with Crippen LogP contribution in [-0.4, -0.2) is 47.7 Å². The normalized spacial score (nSPS) is 12.9. The van der Waals surface area contributed by atoms with E-state index in [1.54, 1.807) is 24.1 Å². The number of hydrogen-bond acceptors (Lipinski definition) is 4. The lowest BCUT2D eigenvalue weighted by Crippen LogP contribution is -2.33. The molecule has 2 N–H and O–H groups in total. The van der Waals surface area contributed by atoms with Gasteiger partial charge >= 0.3 is 0 Å². The van der Waals surface area contributed by atoms with Crippen LogP contribution < -0.4 is 10.1 Å². The molecule has 130 valence electrons. The maximum absolute atomic E-state index is 12.5. The van der Waals surface area contributed by atoms with Gasteiger partial charge in [0.05, 0.1) is 6.54 Å². The fourth-order valence-electron chi connectivity index (χ4n) is 2.54. The van der Waals surface area contributed by atoms with E-state index >= 15 is 0 Å². The Morgan fingerprint density at radius 3 is 3.08 bits per heavy atom. The molecule has 6 nitrogen and oxygen atoms in total. The molecular weight excluding hydrogens is 351 g/mol. The Hall–Kier alpha value is -1.76. The summed E-state index contributed by atoms with van der Waals surface area (Å²) in [6, 6.07) is 7.21. The molecular formula is C16H20Cl2N4O2. The maximum atomic E-state index is 12.5. The molecule has 0 aliphatic carbocycles. The Balaban J connectivity index is 0.00000208. The Labute approximate surface area is 151 Å². The number of carbonyl (C=O) groups excluding carboxylic acids is 1. The Bertz CT molecular complexity index is 705. The second-order valence-electron chi connectivity index (χ2n) is 5.49. The third-order valence-electron chi connectivity index (χ3n) is 3.85. The predicted molar refractivity (Wildman–Crippen MR) is 95.2 cm³/mol. The van der Waals surface area contributed by atoms with Crippen LogP contribution >= 0.6 is 24.0 Å². The molecule has 2 heterocycles. The summed E-state index contributed by atoms with van der Waals surface area (Å²) in [7, 11) is 1.75. The number of halogens is 2. The van der Waals surface area contributed by atoms with E-state index < -0.39 is 0 Å². The molecule has 1 aromatic carbocycles. The molecule has 1 amide bonds. The summed E-state index contributed by atoms with van der Waals surface area (Å²) in [6.45, 7) is 2.46. The summed E-state index contributed by atoms with van der Waals surface area (Å²) in [5.41, 5.74) is 2.52. The maximum Gasteiger partial charge on any atom is 0.274 e. The molecule has 0 spiro atoms. The number of likely N-dealkylation sites (N-methyl/N-ethyl adjacent to an activating group) is 1. The summed E-state index contributed by atoms with van der Waals surface area (Å²) in [5.74, 6) is 0.598. The van der Waals surface area contributed by atoms with Crippen LogP contribution in [0.25, 0.3) is 0 Å². The van der Waals surface area contributed by atoms with Gasteiger partial charge in [-0.1, -0.05) is 17.7 Å². The smallest absolute Gasteiger partial charge is 0.274 e. The molecule has 0 saturated heterocycles. The number of ether oxygens (including phenoxy) is 1. The zero-order chi connectivity index (χ0) is 16.2. The zero-order valence-electron chi connectivity index (χ0n) is 13.3. The van der Waals surface area contributed by atoms with Crippen molar-refractivity contribution in [3.63, 3.8) is 0 Å². The average Bonchev–Trinajstić information content (AvgIpc) is 2.98. The highest BCUT2D eigenvalue weighted by Gasteiger charge is 2.23. The molecule has 0 unspecified atom stereocenters. The number of carbonyl (C=O) groups is 1. The molecule has 0 atom stereocenters. The van der Waals surface area contributed by atoms with Crippen LogP contribution in [0.5, 0.6) is 5.75 Å². The number of rotatable bonds is 5. The van der Waals surface area contributed by atoms with Gasteiger partial charge in [0, 0.05) is 42.8 Å². The third-order valence-corrected chi connectivity index (χ3v) is 4.08. The zero-order valence-corrected chi connectivity index (χ0v) is 14.9. The average molecular weight is 371 g/mol. The van der Waals surface area contributed by atoms with Gasteiger partial charge in [-0.2, -0.15) is 5.10 Å². The fraction of sp³-hybridized carbons (Fsp3) is 0.375. The largest absolute Gasteiger partial charge is 0.492 e. The highest BCUT2D eigenvalue weighted by Crippen LogP contribution is 2.18. The minimum atomic E-state index is -0.0964. The monoisotopic (exact) mass is 370 g/mol. The van der Waals surface area contributed by atoms with Crippen LogP contribution in [-0.2, 0) is 13.0 Å². The van der Waals surface area contributed by atoms with Crippen molar-refractivity contribution < 1.29 is 9.53 Å². The van der Waals surface area contributed by atoms with Crippen molar-refractivity contribution in [1.29, 1.82) is 0 Å². The molecule has 24 heavy (non-hydrogen) atoms. The molecule has 2 aromatic rings. The second-order valence-corrected chi connectivity index (χ2v) is 5.93. The minimum absolute atomic E-state index is 0. The van der Waals surface area contributed by atoms with E-state index in [2.05, 4.69) is 15.5 Å². The number of H-pyrrole nitrogens is 1. The van der Waals surface area contributed by atoms with Crippen molar-refractivity contribution in [2.75, 3.05) is 26.7 Å². The van der Waals surface area contributed by atoms with Gasteiger partial charge in [-0.05, 0) is 18.2 Å². The molecule has 0 saturated carbocycles. The van der Waals surface area contributed by atoms with Crippen molar-refractivity contribution in [1.82, 2.24) is 20.4 Å². The standard InChI is InChI=1S/C16H19ClN4O2.ClH/c1-21(7-8-23-12-4-2-3-11(17)9-12)16(22)15-13-10-18-6-5-14(13)19-20-15;/h2-4,9,18H,5-8,10H2,1H3,(H,19,20);1H. The van der Waals surface area contributed by atoms with Gasteiger partial charge in [-0.3, -0.25) is 9.89 Å². The van der Waals surface area contributed by atoms with Gasteiger partial charge in [0.15, 0.2) is 5.69 Å². The van der Waals surface area contributed by atoms with E-state index in [0.29, 0.717) is 36.2 Å². The lowest BCUT2D eigenvalue weighted by Gasteiger charge is -2.18. The summed E-state index contributed by atoms with van der Waals surface area (Å²) < 4.78 is 5.62. The SMILES string of the molecule is CN(CCOc1cccc(Cl)c1)C(=O)c1n[nH]c2c1CNCC2.Cl. The van der Waals surface area contributed by atoms with Crippen molar-refractivity contribution in [2.45, 2.75) is 13.0 Å². The number of aromatic amines is 1. The van der Waals surface area contributed by atoms with Crippen LogP contribution in [0.4, 0.5) is 0 Å². The number of nitrogens with zero attached hydrogens (tertiary/aromatic N) is 2. The van der Waals surface area contributed by atoms with Gasteiger partial charge in [-0.25, -0.2) is 0 Å². The lowest BCUT2D eigenvalue weighted by molar-refractivity contribution is 0.0766. The topological polar surface area (TPSA) is 70.2 Å². The van der Waals surface area contributed by atoms with Crippen LogP contribution in [0.3, 0.4) is 0 Å². The summed E-state index contributed by atoms with van der Waals surface area (Å²) in [4.78, 5) is 14.1. The predicted octanol–water partition coefficient (Wildman–Crippen LogP) is 2.28. The first-order valence-corrected chi connectivity index (χ1v) is 7.93. The first-order chi connectivity index (χ1) is 11.1. The van der Waals surface area contributed by atoms with Gasteiger partial charge in [-0.15, -0.1) is 12.4 Å². The van der Waals surface area contributed by atoms with Crippen molar-refractivity contribution in [3.8, 4) is 5.75 Å². The van der Waals surface area contributed by atoms with E-state index in [1.807, 2.05) is 12.1 Å². The molecule has 8 heteroatoms. The first-order valence-electron chi connectivity index (χ1n) is 7.56. The van der Waals surface area contributed by atoms with Crippen LogP contribution in [0.2, 0.25) is 5.02 Å². The summed E-state index contributed by atoms with van der Waals surface area (Å²) in [5, 5.41) is 11.0. The summed E-state index contributed by atoms with van der Waals surface area (Å²) in [6.07, 6.45) is 0.872. The van der Waals surface area contributed by atoms with Crippen LogP contribution in [0, 0.1) is 0 Å². The lowest BCUT2D eigenvalue weighted by atomic mass is 10.1. The Morgan fingerprint density at radius 2 is 2.29 bits per heavy atom. The van der Waals surface area contributed by atoms with Crippen molar-refractivity contribution in [3.05, 3.63) is 46.2 Å². The molecule has 1 aromatic heterocycles. The number of benzene rings is 1. The molecule has 1 aliphatic heterocycles. The van der Waals surface area contributed by atoms with E-state index in [-0.39, 0.29) is 18.3 Å². The summed E-state index contributed by atoms with van der Waals surface area (Å²) >= 11 is 5.91. The minimum Gasteiger partial charge on any atom is -0.492 e. The highest BCUT2D eigenvalue weighted by atomic mass is 35.5. The molecule has 0 radical (unpaired) electrons. The van der Waals surface area contributed by atoms with Crippen molar-refractivity contribution >= 4 is 29.9 Å². The van der Waals surface area contributed by atoms with Gasteiger partial charge in [0.25, 0.3) is 5.91 Å². The van der Waals surface area contributed by atoms with E-state index in [9.17, 15) is 4.79 Å². The van der Waals surface area contributed by atoms with Crippen LogP contribution in [0.1, 0.15) is 21.7 Å². The Morgan fingerprint density at radius 1 is 1.46 bits per heavy atom. The van der Waals surface area contributed by atoms with E-state index in [1.165, 1.54) is 0 Å². The number of hydrogen-bond donors (Lipinski definition) is 2. The molecule has 0 bridgehead atoms. The van der Waals surface area contributed by atoms with Gasteiger partial charge < -0.3 is 15.0 Å². The number of nitrogens with one attached hydrogen (secondary N) is 2. The molecule has 1 aliphatic rings. The van der Waals surface area contributed by atoms with Crippen LogP contribution in [0.15, 0.2) is 24.3 Å². The number of aromatic nitrogens is 2. The highest BCUT2D eigenvalue weighted by molar-refractivity contribution is 6.30. The second kappa shape index (κ2) is 8.37.